The number of ether oxygens (including phenoxy) is 2. The van der Waals surface area contributed by atoms with E-state index < -0.39 is 52.6 Å². The first-order chi connectivity index (χ1) is 24.7. The number of amides is 4. The minimum atomic E-state index is -1.10. The van der Waals surface area contributed by atoms with Crippen LogP contribution in [0.4, 0.5) is 0 Å². The van der Waals surface area contributed by atoms with E-state index in [2.05, 4.69) is 21.1 Å². The largest absolute Gasteiger partial charge is 0.496 e. The first-order valence-corrected chi connectivity index (χ1v) is 19.0. The molecule has 1 saturated heterocycles. The summed E-state index contributed by atoms with van der Waals surface area (Å²) in [5, 5.41) is 13.3. The van der Waals surface area contributed by atoms with Crippen LogP contribution >= 0.6 is 11.6 Å². The van der Waals surface area contributed by atoms with Crippen molar-refractivity contribution in [1.29, 1.82) is 0 Å². The number of methoxy groups -OCH3 is 2. The van der Waals surface area contributed by atoms with E-state index in [0.717, 1.165) is 38.5 Å². The summed E-state index contributed by atoms with van der Waals surface area (Å²) in [5.74, 6) is -1.51. The normalized spacial score (nSPS) is 22.9. The minimum absolute atomic E-state index is 0.0112. The third kappa shape index (κ3) is 9.19. The Kier molecular flexibility index (Phi) is 12.4. The summed E-state index contributed by atoms with van der Waals surface area (Å²) in [6, 6.07) is 0.206. The SMILES string of the molecule is CCC[C@@H](NC(=O)[C@@H]1C[C@]2(CC(c3cc(Cl)c(OC)cc3OC)=NO2)CN1C(=O)[C@@H](NC(=O)CC1CCCCC1)C(C)(C)C)C(=O)C(=O)NC1CC1. The second-order valence-corrected chi connectivity index (χ2v) is 16.3. The number of ketones is 1. The molecular formula is C38H54ClN5O8. The van der Waals surface area contributed by atoms with E-state index in [9.17, 15) is 24.0 Å². The minimum Gasteiger partial charge on any atom is -0.496 e. The zero-order valence-electron chi connectivity index (χ0n) is 31.3. The summed E-state index contributed by atoms with van der Waals surface area (Å²) in [6.07, 6.45) is 8.35. The number of nitrogens with zero attached hydrogens (tertiary/aromatic N) is 2. The average Bonchev–Trinajstić information content (AvgIpc) is 3.71. The Morgan fingerprint density at radius 3 is 2.33 bits per heavy atom. The van der Waals surface area contributed by atoms with Gasteiger partial charge >= 0.3 is 0 Å². The monoisotopic (exact) mass is 743 g/mol. The van der Waals surface area contributed by atoms with Crippen LogP contribution in [-0.2, 0) is 28.8 Å². The topological polar surface area (TPSA) is 165 Å². The lowest BCUT2D eigenvalue weighted by Crippen LogP contribution is -2.59. The van der Waals surface area contributed by atoms with Crippen LogP contribution in [0, 0.1) is 11.3 Å². The second kappa shape index (κ2) is 16.4. The number of hydrogen-bond donors (Lipinski definition) is 3. The van der Waals surface area contributed by atoms with Crippen molar-refractivity contribution < 1.29 is 38.3 Å². The van der Waals surface area contributed by atoms with Crippen LogP contribution in [0.1, 0.15) is 110 Å². The molecule has 1 aromatic carbocycles. The molecule has 52 heavy (non-hydrogen) atoms. The smallest absolute Gasteiger partial charge is 0.289 e. The lowest BCUT2D eigenvalue weighted by molar-refractivity contribution is -0.145. The molecule has 2 saturated carbocycles. The van der Waals surface area contributed by atoms with Gasteiger partial charge in [0.2, 0.25) is 23.5 Å². The summed E-state index contributed by atoms with van der Waals surface area (Å²) in [4.78, 5) is 75.9. The molecule has 2 aliphatic carbocycles. The molecule has 0 radical (unpaired) electrons. The molecule has 4 aliphatic rings. The number of oxime groups is 1. The van der Waals surface area contributed by atoms with Crippen LogP contribution in [0.2, 0.25) is 5.02 Å². The van der Waals surface area contributed by atoms with Crippen molar-refractivity contribution in [2.24, 2.45) is 16.5 Å². The Balaban J connectivity index is 1.42. The van der Waals surface area contributed by atoms with Gasteiger partial charge in [0.15, 0.2) is 5.60 Å². The summed E-state index contributed by atoms with van der Waals surface area (Å²) >= 11 is 6.48. The molecule has 1 aromatic rings. The van der Waals surface area contributed by atoms with Gasteiger partial charge in [0.1, 0.15) is 23.6 Å². The van der Waals surface area contributed by atoms with Gasteiger partial charge in [-0.1, -0.05) is 70.1 Å². The number of benzene rings is 1. The van der Waals surface area contributed by atoms with E-state index in [0.29, 0.717) is 40.6 Å². The van der Waals surface area contributed by atoms with E-state index >= 15 is 0 Å². The summed E-state index contributed by atoms with van der Waals surface area (Å²) < 4.78 is 11.0. The molecule has 4 atom stereocenters. The molecular weight excluding hydrogens is 690 g/mol. The zero-order chi connectivity index (χ0) is 37.8. The average molecular weight is 744 g/mol. The maximum Gasteiger partial charge on any atom is 0.289 e. The quantitative estimate of drug-likeness (QED) is 0.235. The van der Waals surface area contributed by atoms with Crippen molar-refractivity contribution in [3.8, 4) is 11.5 Å². The number of halogens is 1. The van der Waals surface area contributed by atoms with Gasteiger partial charge in [-0.15, -0.1) is 0 Å². The number of rotatable bonds is 14. The zero-order valence-corrected chi connectivity index (χ0v) is 32.0. The van der Waals surface area contributed by atoms with E-state index in [4.69, 9.17) is 25.9 Å². The molecule has 5 rings (SSSR count). The van der Waals surface area contributed by atoms with E-state index in [1.54, 1.807) is 12.1 Å². The van der Waals surface area contributed by atoms with Gasteiger partial charge in [-0.25, -0.2) is 0 Å². The Labute approximate surface area is 311 Å². The highest BCUT2D eigenvalue weighted by Crippen LogP contribution is 2.42. The first-order valence-electron chi connectivity index (χ1n) is 18.6. The van der Waals surface area contributed by atoms with Crippen molar-refractivity contribution >= 4 is 46.7 Å². The fourth-order valence-electron chi connectivity index (χ4n) is 7.52. The van der Waals surface area contributed by atoms with Crippen LogP contribution in [0.25, 0.3) is 0 Å². The third-order valence-corrected chi connectivity index (χ3v) is 10.9. The lowest BCUT2D eigenvalue weighted by atomic mass is 9.84. The maximum absolute atomic E-state index is 14.7. The number of likely N-dealkylation sites (tertiary alicyclic amines) is 1. The molecule has 3 N–H and O–H groups in total. The highest BCUT2D eigenvalue weighted by Gasteiger charge is 2.56. The molecule has 14 heteroatoms. The predicted molar refractivity (Wildman–Crippen MR) is 195 cm³/mol. The number of carbonyl (C=O) groups is 5. The number of hydrogen-bond acceptors (Lipinski definition) is 9. The number of nitrogens with one attached hydrogen (secondary N) is 3. The van der Waals surface area contributed by atoms with Crippen molar-refractivity contribution in [3.63, 3.8) is 0 Å². The Hall–Kier alpha value is -3.87. The van der Waals surface area contributed by atoms with E-state index in [1.165, 1.54) is 25.5 Å². The van der Waals surface area contributed by atoms with Crippen LogP contribution in [0.5, 0.6) is 11.5 Å². The third-order valence-electron chi connectivity index (χ3n) is 10.6. The molecule has 13 nitrogen and oxygen atoms in total. The lowest BCUT2D eigenvalue weighted by Gasteiger charge is -2.36. The maximum atomic E-state index is 14.7. The number of carbonyl (C=O) groups excluding carboxylic acids is 5. The molecule has 0 bridgehead atoms. The van der Waals surface area contributed by atoms with Gasteiger partial charge in [-0.3, -0.25) is 24.0 Å². The van der Waals surface area contributed by atoms with E-state index in [1.807, 2.05) is 27.7 Å². The summed E-state index contributed by atoms with van der Waals surface area (Å²) in [6.45, 7) is 7.47. The van der Waals surface area contributed by atoms with Crippen molar-refractivity contribution in [2.75, 3.05) is 20.8 Å². The van der Waals surface area contributed by atoms with Crippen molar-refractivity contribution in [3.05, 3.63) is 22.7 Å². The Morgan fingerprint density at radius 1 is 1.02 bits per heavy atom. The van der Waals surface area contributed by atoms with Gasteiger partial charge in [-0.05, 0) is 49.5 Å². The van der Waals surface area contributed by atoms with Crippen molar-refractivity contribution in [2.45, 2.75) is 135 Å². The predicted octanol–water partition coefficient (Wildman–Crippen LogP) is 4.46. The molecule has 3 fully saturated rings. The molecule has 2 aliphatic heterocycles. The Bertz CT molecular complexity index is 1570. The fourth-order valence-corrected chi connectivity index (χ4v) is 7.76. The Morgan fingerprint density at radius 2 is 1.71 bits per heavy atom. The van der Waals surface area contributed by atoms with Gasteiger partial charge in [0, 0.05) is 36.9 Å². The van der Waals surface area contributed by atoms with Crippen LogP contribution < -0.4 is 25.4 Å². The van der Waals surface area contributed by atoms with Gasteiger partial charge in [0.25, 0.3) is 5.91 Å². The van der Waals surface area contributed by atoms with Crippen LogP contribution in [-0.4, -0.2) is 90.6 Å². The van der Waals surface area contributed by atoms with Crippen molar-refractivity contribution in [1.82, 2.24) is 20.9 Å². The standard InChI is InChI=1S/C38H54ClN5O8/c1-7-11-26(32(46)35(48)40-23-14-15-23)41-34(47)28-20-38(19-27(43-52-38)24-17-25(39)30(51-6)18-29(24)50-5)21-44(28)36(49)33(37(2,3)4)42-31(45)16-22-12-9-8-10-13-22/h17-18,22-23,26,28,33H,7-16,19-21H2,1-6H3,(H,40,48)(H,41,47)(H,42,45)/t26-,28+,33-,38-/m1/s1. The summed E-state index contributed by atoms with van der Waals surface area (Å²) in [5.41, 5.74) is -0.720. The fraction of sp³-hybridized carbons (Fsp3) is 0.684. The summed E-state index contributed by atoms with van der Waals surface area (Å²) in [7, 11) is 3.02. The highest BCUT2D eigenvalue weighted by molar-refractivity contribution is 6.38. The van der Waals surface area contributed by atoms with Gasteiger partial charge in [-0.2, -0.15) is 0 Å². The molecule has 2 heterocycles. The van der Waals surface area contributed by atoms with Gasteiger partial charge in [0.05, 0.1) is 37.5 Å². The molecule has 0 aromatic heterocycles. The number of Topliss-reactive ketones (excluding diaryl/α,β-unsaturated/α-hetero) is 1. The molecule has 4 amide bonds. The molecule has 1 spiro atoms. The molecule has 0 unspecified atom stereocenters. The van der Waals surface area contributed by atoms with E-state index in [-0.39, 0.29) is 43.7 Å². The van der Waals surface area contributed by atoms with Crippen LogP contribution in [0.3, 0.4) is 0 Å². The highest BCUT2D eigenvalue weighted by atomic mass is 35.5. The second-order valence-electron chi connectivity index (χ2n) is 15.9. The van der Waals surface area contributed by atoms with Crippen LogP contribution in [0.15, 0.2) is 17.3 Å². The van der Waals surface area contributed by atoms with Gasteiger partial charge < -0.3 is 35.2 Å². The first kappa shape index (κ1) is 39.3. The molecule has 286 valence electrons.